The number of hydrogen-bond donors (Lipinski definition) is 1. The normalized spacial score (nSPS) is 33.9. The molecule has 0 aromatic heterocycles. The van der Waals surface area contributed by atoms with E-state index in [1.165, 1.54) is 51.6 Å². The van der Waals surface area contributed by atoms with Crippen LogP contribution in [0, 0.1) is 5.92 Å². The quantitative estimate of drug-likeness (QED) is 0.869. The Morgan fingerprint density at radius 2 is 1.43 bits per heavy atom. The Labute approximate surface area is 128 Å². The number of nitrogens with zero attached hydrogens (tertiary/aromatic N) is 2. The van der Waals surface area contributed by atoms with Crippen molar-refractivity contribution in [3.05, 3.63) is 0 Å². The highest BCUT2D eigenvalue weighted by molar-refractivity contribution is 5.71. The molecule has 3 fully saturated rings. The van der Waals surface area contributed by atoms with Crippen molar-refractivity contribution in [2.75, 3.05) is 26.2 Å². The van der Waals surface area contributed by atoms with Gasteiger partial charge in [0.15, 0.2) is 0 Å². The van der Waals surface area contributed by atoms with Crippen LogP contribution in [0.1, 0.15) is 57.8 Å². The van der Waals surface area contributed by atoms with E-state index in [1.807, 2.05) is 0 Å². The van der Waals surface area contributed by atoms with E-state index in [0.29, 0.717) is 6.04 Å². The van der Waals surface area contributed by atoms with Gasteiger partial charge in [-0.05, 0) is 64.7 Å². The Hall–Kier alpha value is -0.610. The summed E-state index contributed by atoms with van der Waals surface area (Å²) in [6, 6.07) is 1.06. The maximum absolute atomic E-state index is 11.5. The van der Waals surface area contributed by atoms with Crippen LogP contribution in [0.2, 0.25) is 0 Å². The fraction of sp³-hybridized carbons (Fsp3) is 0.941. The molecule has 120 valence electrons. The first-order chi connectivity index (χ1) is 10.3. The summed E-state index contributed by atoms with van der Waals surface area (Å²) >= 11 is 0. The Morgan fingerprint density at radius 1 is 0.762 bits per heavy atom. The van der Waals surface area contributed by atoms with E-state index in [4.69, 9.17) is 0 Å². The molecule has 2 aliphatic heterocycles. The molecule has 0 bridgehead atoms. The van der Waals surface area contributed by atoms with Crippen LogP contribution in [0.3, 0.4) is 0 Å². The molecule has 1 saturated carbocycles. The fourth-order valence-corrected chi connectivity index (χ4v) is 4.70. The van der Waals surface area contributed by atoms with Crippen molar-refractivity contribution in [2.45, 2.75) is 69.9 Å². The van der Waals surface area contributed by atoms with Crippen molar-refractivity contribution in [2.24, 2.45) is 5.92 Å². The first kappa shape index (κ1) is 15.3. The summed E-state index contributed by atoms with van der Waals surface area (Å²) in [6.45, 7) is 4.78. The van der Waals surface area contributed by atoms with Crippen molar-refractivity contribution in [1.29, 1.82) is 0 Å². The van der Waals surface area contributed by atoms with E-state index in [1.54, 1.807) is 0 Å². The molecule has 1 aliphatic carbocycles. The minimum Gasteiger partial charge on any atom is -0.481 e. The number of rotatable bonds is 3. The Balaban J connectivity index is 1.53. The average Bonchev–Trinajstić information content (AvgIpc) is 2.56. The van der Waals surface area contributed by atoms with Gasteiger partial charge in [-0.15, -0.1) is 0 Å². The van der Waals surface area contributed by atoms with Gasteiger partial charge in [0.25, 0.3) is 0 Å². The third-order valence-electron chi connectivity index (χ3n) is 5.92. The SMILES string of the molecule is O=C(O)C1CCCCC1N1CCC(N2CCCCC2)CC1. The lowest BCUT2D eigenvalue weighted by Crippen LogP contribution is -2.52. The standard InChI is InChI=1S/C17H30N2O2/c20-17(21)15-6-2-3-7-16(15)19-12-8-14(9-13-19)18-10-4-1-5-11-18/h14-16H,1-13H2,(H,20,21). The topological polar surface area (TPSA) is 43.8 Å². The second-order valence-corrected chi connectivity index (χ2v) is 7.16. The van der Waals surface area contributed by atoms with E-state index < -0.39 is 5.97 Å². The minimum atomic E-state index is -0.571. The van der Waals surface area contributed by atoms with Crippen LogP contribution in [0.15, 0.2) is 0 Å². The summed E-state index contributed by atoms with van der Waals surface area (Å²) in [5, 5.41) is 9.46. The average molecular weight is 294 g/mol. The van der Waals surface area contributed by atoms with Crippen molar-refractivity contribution in [3.63, 3.8) is 0 Å². The molecule has 21 heavy (non-hydrogen) atoms. The van der Waals surface area contributed by atoms with Gasteiger partial charge in [-0.2, -0.15) is 0 Å². The van der Waals surface area contributed by atoms with Crippen molar-refractivity contribution in [3.8, 4) is 0 Å². The van der Waals surface area contributed by atoms with Gasteiger partial charge in [-0.1, -0.05) is 19.3 Å². The van der Waals surface area contributed by atoms with Crippen LogP contribution in [0.4, 0.5) is 0 Å². The van der Waals surface area contributed by atoms with Gasteiger partial charge in [-0.3, -0.25) is 9.69 Å². The summed E-state index contributed by atoms with van der Waals surface area (Å²) in [4.78, 5) is 16.7. The van der Waals surface area contributed by atoms with E-state index in [0.717, 1.165) is 38.4 Å². The number of piperidine rings is 2. The number of carbonyl (C=O) groups is 1. The first-order valence-corrected chi connectivity index (χ1v) is 8.96. The Kier molecular flexibility index (Phi) is 5.17. The monoisotopic (exact) mass is 294 g/mol. The first-order valence-electron chi connectivity index (χ1n) is 8.96. The van der Waals surface area contributed by atoms with Crippen molar-refractivity contribution < 1.29 is 9.90 Å². The highest BCUT2D eigenvalue weighted by Gasteiger charge is 2.37. The molecular formula is C17H30N2O2. The molecule has 0 spiro atoms. The molecule has 0 amide bonds. The molecule has 3 rings (SSSR count). The van der Waals surface area contributed by atoms with Gasteiger partial charge in [0.05, 0.1) is 5.92 Å². The molecule has 2 heterocycles. The van der Waals surface area contributed by atoms with Crippen LogP contribution in [0.25, 0.3) is 0 Å². The lowest BCUT2D eigenvalue weighted by Gasteiger charge is -2.45. The highest BCUT2D eigenvalue weighted by atomic mass is 16.4. The number of hydrogen-bond acceptors (Lipinski definition) is 3. The number of carboxylic acids is 1. The predicted octanol–water partition coefficient (Wildman–Crippen LogP) is 2.58. The van der Waals surface area contributed by atoms with E-state index in [9.17, 15) is 9.90 Å². The van der Waals surface area contributed by atoms with Crippen LogP contribution >= 0.6 is 0 Å². The van der Waals surface area contributed by atoms with E-state index in [-0.39, 0.29) is 5.92 Å². The third-order valence-corrected chi connectivity index (χ3v) is 5.92. The zero-order chi connectivity index (χ0) is 14.7. The van der Waals surface area contributed by atoms with Gasteiger partial charge in [-0.25, -0.2) is 0 Å². The van der Waals surface area contributed by atoms with Crippen LogP contribution in [-0.2, 0) is 4.79 Å². The zero-order valence-electron chi connectivity index (χ0n) is 13.2. The van der Waals surface area contributed by atoms with Gasteiger partial charge in [0.2, 0.25) is 0 Å². The maximum Gasteiger partial charge on any atom is 0.308 e. The maximum atomic E-state index is 11.5. The zero-order valence-corrected chi connectivity index (χ0v) is 13.2. The Bertz CT molecular complexity index is 347. The van der Waals surface area contributed by atoms with E-state index >= 15 is 0 Å². The lowest BCUT2D eigenvalue weighted by atomic mass is 9.82. The van der Waals surface area contributed by atoms with Gasteiger partial charge in [0, 0.05) is 12.1 Å². The molecule has 2 unspecified atom stereocenters. The molecule has 0 aromatic carbocycles. The predicted molar refractivity (Wildman–Crippen MR) is 83.4 cm³/mol. The summed E-state index contributed by atoms with van der Waals surface area (Å²) in [5.74, 6) is -0.692. The molecular weight excluding hydrogens is 264 g/mol. The molecule has 4 nitrogen and oxygen atoms in total. The lowest BCUT2D eigenvalue weighted by molar-refractivity contribution is -0.146. The molecule has 0 aromatic rings. The van der Waals surface area contributed by atoms with Gasteiger partial charge >= 0.3 is 5.97 Å². The minimum absolute atomic E-state index is 0.120. The molecule has 1 N–H and O–H groups in total. The highest BCUT2D eigenvalue weighted by Crippen LogP contribution is 2.31. The van der Waals surface area contributed by atoms with Gasteiger partial charge in [0.1, 0.15) is 0 Å². The summed E-state index contributed by atoms with van der Waals surface area (Å²) in [5.41, 5.74) is 0. The van der Waals surface area contributed by atoms with Gasteiger partial charge < -0.3 is 10.0 Å². The number of carboxylic acid groups (broad SMARTS) is 1. The molecule has 2 atom stereocenters. The molecule has 4 heteroatoms. The van der Waals surface area contributed by atoms with Crippen molar-refractivity contribution in [1.82, 2.24) is 9.80 Å². The number of aliphatic carboxylic acids is 1. The molecule has 2 saturated heterocycles. The second-order valence-electron chi connectivity index (χ2n) is 7.16. The van der Waals surface area contributed by atoms with Crippen LogP contribution in [0.5, 0.6) is 0 Å². The molecule has 0 radical (unpaired) electrons. The Morgan fingerprint density at radius 3 is 2.10 bits per heavy atom. The number of likely N-dealkylation sites (tertiary alicyclic amines) is 2. The van der Waals surface area contributed by atoms with Crippen LogP contribution < -0.4 is 0 Å². The third kappa shape index (κ3) is 3.59. The smallest absolute Gasteiger partial charge is 0.308 e. The molecule has 3 aliphatic rings. The largest absolute Gasteiger partial charge is 0.481 e. The second kappa shape index (κ2) is 7.10. The summed E-state index contributed by atoms with van der Waals surface area (Å²) < 4.78 is 0. The van der Waals surface area contributed by atoms with E-state index in [2.05, 4.69) is 9.80 Å². The summed E-state index contributed by atoms with van der Waals surface area (Å²) in [7, 11) is 0. The van der Waals surface area contributed by atoms with Crippen LogP contribution in [-0.4, -0.2) is 59.1 Å². The van der Waals surface area contributed by atoms with Crippen molar-refractivity contribution >= 4 is 5.97 Å². The fourth-order valence-electron chi connectivity index (χ4n) is 4.70. The summed E-state index contributed by atoms with van der Waals surface area (Å²) in [6.07, 6.45) is 10.9.